The Morgan fingerprint density at radius 2 is 2.44 bits per heavy atom. The zero-order valence-electron chi connectivity index (χ0n) is 10.2. The first-order valence-electron chi connectivity index (χ1n) is 6.19. The van der Waals surface area contributed by atoms with Crippen LogP contribution in [-0.4, -0.2) is 19.7 Å². The van der Waals surface area contributed by atoms with Crippen molar-refractivity contribution in [3.63, 3.8) is 0 Å². The molecule has 2 heterocycles. The number of aryl methyl sites for hydroxylation is 1. The van der Waals surface area contributed by atoms with E-state index < -0.39 is 0 Å². The lowest BCUT2D eigenvalue weighted by Gasteiger charge is -2.31. The van der Waals surface area contributed by atoms with Crippen LogP contribution in [0, 0.1) is 12.8 Å². The van der Waals surface area contributed by atoms with Gasteiger partial charge in [-0.3, -0.25) is 0 Å². The smallest absolute Gasteiger partial charge is 0.0959 e. The topological polar surface area (TPSA) is 21.3 Å². The number of thiophene rings is 1. The molecule has 1 fully saturated rings. The molecule has 2 rings (SSSR count). The molecule has 2 nitrogen and oxygen atoms in total. The van der Waals surface area contributed by atoms with Gasteiger partial charge in [0.05, 0.1) is 6.10 Å². The molecule has 0 amide bonds. The van der Waals surface area contributed by atoms with Crippen molar-refractivity contribution in [3.8, 4) is 0 Å². The summed E-state index contributed by atoms with van der Waals surface area (Å²) in [7, 11) is 0. The molecule has 0 aliphatic carbocycles. The molecule has 3 heteroatoms. The highest BCUT2D eigenvalue weighted by atomic mass is 32.1. The Balaban J connectivity index is 2.07. The number of ether oxygens (including phenoxy) is 1. The van der Waals surface area contributed by atoms with Gasteiger partial charge >= 0.3 is 0 Å². The molecule has 1 aliphatic heterocycles. The van der Waals surface area contributed by atoms with Crippen LogP contribution in [0.1, 0.15) is 36.3 Å². The van der Waals surface area contributed by atoms with Crippen LogP contribution in [0.3, 0.4) is 0 Å². The predicted octanol–water partition coefficient (Wildman–Crippen LogP) is 3.13. The summed E-state index contributed by atoms with van der Waals surface area (Å²) in [6.45, 7) is 7.40. The van der Waals surface area contributed by atoms with Crippen LogP contribution >= 0.6 is 11.3 Å². The van der Waals surface area contributed by atoms with Crippen molar-refractivity contribution < 1.29 is 4.74 Å². The van der Waals surface area contributed by atoms with E-state index in [0.29, 0.717) is 12.0 Å². The van der Waals surface area contributed by atoms with E-state index >= 15 is 0 Å². The van der Waals surface area contributed by atoms with Gasteiger partial charge in [0.25, 0.3) is 0 Å². The Labute approximate surface area is 102 Å². The maximum absolute atomic E-state index is 5.98. The molecule has 0 radical (unpaired) electrons. The van der Waals surface area contributed by atoms with E-state index in [1.165, 1.54) is 23.3 Å². The Morgan fingerprint density at radius 3 is 3.12 bits per heavy atom. The summed E-state index contributed by atoms with van der Waals surface area (Å²) in [4.78, 5) is 1.43. The minimum absolute atomic E-state index is 0.327. The Hall–Kier alpha value is -0.380. The van der Waals surface area contributed by atoms with Gasteiger partial charge in [0, 0.05) is 23.9 Å². The van der Waals surface area contributed by atoms with Gasteiger partial charge in [0.1, 0.15) is 0 Å². The second-order valence-electron chi connectivity index (χ2n) is 4.47. The molecule has 2 atom stereocenters. The first-order valence-corrected chi connectivity index (χ1v) is 7.07. The zero-order valence-corrected chi connectivity index (χ0v) is 11.0. The molecule has 0 aromatic carbocycles. The highest BCUT2D eigenvalue weighted by Gasteiger charge is 2.28. The molecule has 1 aliphatic rings. The van der Waals surface area contributed by atoms with Crippen LogP contribution in [0.25, 0.3) is 0 Å². The van der Waals surface area contributed by atoms with E-state index in [2.05, 4.69) is 30.6 Å². The van der Waals surface area contributed by atoms with Crippen LogP contribution in [0.2, 0.25) is 0 Å². The highest BCUT2D eigenvalue weighted by molar-refractivity contribution is 7.10. The van der Waals surface area contributed by atoms with Crippen molar-refractivity contribution in [2.75, 3.05) is 19.7 Å². The van der Waals surface area contributed by atoms with E-state index in [4.69, 9.17) is 4.74 Å². The van der Waals surface area contributed by atoms with Gasteiger partial charge in [-0.15, -0.1) is 11.3 Å². The van der Waals surface area contributed by atoms with Gasteiger partial charge in [-0.2, -0.15) is 0 Å². The zero-order chi connectivity index (χ0) is 11.4. The standard InChI is InChI=1S/C13H21NOS/c1-3-14-9-11-5-4-7-15-12(11)13-10(2)6-8-16-13/h6,8,11-12,14H,3-5,7,9H2,1-2H3. The number of rotatable bonds is 4. The maximum atomic E-state index is 5.98. The number of nitrogens with one attached hydrogen (secondary N) is 1. The second-order valence-corrected chi connectivity index (χ2v) is 5.42. The van der Waals surface area contributed by atoms with Gasteiger partial charge in [-0.1, -0.05) is 6.92 Å². The van der Waals surface area contributed by atoms with Crippen molar-refractivity contribution in [3.05, 3.63) is 21.9 Å². The van der Waals surface area contributed by atoms with E-state index in [1.54, 1.807) is 0 Å². The second kappa shape index (κ2) is 5.80. The van der Waals surface area contributed by atoms with E-state index in [1.807, 2.05) is 11.3 Å². The maximum Gasteiger partial charge on any atom is 0.0959 e. The summed E-state index contributed by atoms with van der Waals surface area (Å²) in [5.74, 6) is 0.644. The van der Waals surface area contributed by atoms with E-state index in [9.17, 15) is 0 Å². The van der Waals surface area contributed by atoms with Crippen LogP contribution in [0.4, 0.5) is 0 Å². The summed E-state index contributed by atoms with van der Waals surface area (Å²) in [6, 6.07) is 2.20. The molecule has 16 heavy (non-hydrogen) atoms. The molecule has 2 unspecified atom stereocenters. The Kier molecular flexibility index (Phi) is 4.38. The fraction of sp³-hybridized carbons (Fsp3) is 0.692. The minimum atomic E-state index is 0.327. The van der Waals surface area contributed by atoms with Gasteiger partial charge < -0.3 is 10.1 Å². The van der Waals surface area contributed by atoms with Crippen molar-refractivity contribution in [2.45, 2.75) is 32.8 Å². The number of hydrogen-bond donors (Lipinski definition) is 1. The average molecular weight is 239 g/mol. The van der Waals surface area contributed by atoms with Crippen molar-refractivity contribution >= 4 is 11.3 Å². The molecule has 1 aromatic heterocycles. The lowest BCUT2D eigenvalue weighted by atomic mass is 9.92. The average Bonchev–Trinajstić information content (AvgIpc) is 2.73. The monoisotopic (exact) mass is 239 g/mol. The Bertz CT molecular complexity index is 323. The highest BCUT2D eigenvalue weighted by Crippen LogP contribution is 2.37. The lowest BCUT2D eigenvalue weighted by Crippen LogP contribution is -2.31. The largest absolute Gasteiger partial charge is 0.372 e. The van der Waals surface area contributed by atoms with Crippen LogP contribution in [0.15, 0.2) is 11.4 Å². The first kappa shape index (κ1) is 12.1. The third-order valence-corrected chi connectivity index (χ3v) is 4.34. The fourth-order valence-electron chi connectivity index (χ4n) is 2.35. The van der Waals surface area contributed by atoms with Crippen molar-refractivity contribution in [1.29, 1.82) is 0 Å². The van der Waals surface area contributed by atoms with E-state index in [0.717, 1.165) is 19.7 Å². The lowest BCUT2D eigenvalue weighted by molar-refractivity contribution is -0.0257. The molecule has 1 saturated heterocycles. The molecule has 90 valence electrons. The van der Waals surface area contributed by atoms with Gasteiger partial charge in [0.2, 0.25) is 0 Å². The summed E-state index contributed by atoms with van der Waals surface area (Å²) >= 11 is 1.84. The first-order chi connectivity index (χ1) is 7.83. The third kappa shape index (κ3) is 2.65. The molecule has 0 bridgehead atoms. The van der Waals surface area contributed by atoms with Gasteiger partial charge in [-0.05, 0) is 43.3 Å². The summed E-state index contributed by atoms with van der Waals surface area (Å²) in [6.07, 6.45) is 2.82. The van der Waals surface area contributed by atoms with Crippen LogP contribution < -0.4 is 5.32 Å². The quantitative estimate of drug-likeness (QED) is 0.871. The summed E-state index contributed by atoms with van der Waals surface area (Å²) < 4.78 is 5.98. The molecule has 0 saturated carbocycles. The summed E-state index contributed by atoms with van der Waals surface area (Å²) in [5, 5.41) is 5.63. The normalized spacial score (nSPS) is 25.9. The number of hydrogen-bond acceptors (Lipinski definition) is 3. The van der Waals surface area contributed by atoms with Crippen molar-refractivity contribution in [1.82, 2.24) is 5.32 Å². The van der Waals surface area contributed by atoms with Crippen molar-refractivity contribution in [2.24, 2.45) is 5.92 Å². The molecule has 1 N–H and O–H groups in total. The third-order valence-electron chi connectivity index (χ3n) is 3.26. The van der Waals surface area contributed by atoms with Crippen LogP contribution in [0.5, 0.6) is 0 Å². The van der Waals surface area contributed by atoms with Gasteiger partial charge in [0.15, 0.2) is 0 Å². The molecular formula is C13H21NOS. The predicted molar refractivity (Wildman–Crippen MR) is 69.0 cm³/mol. The molecule has 1 aromatic rings. The van der Waals surface area contributed by atoms with Crippen LogP contribution in [-0.2, 0) is 4.74 Å². The molecule has 0 spiro atoms. The fourth-order valence-corrected chi connectivity index (χ4v) is 3.42. The summed E-state index contributed by atoms with van der Waals surface area (Å²) in [5.41, 5.74) is 1.39. The Morgan fingerprint density at radius 1 is 1.56 bits per heavy atom. The van der Waals surface area contributed by atoms with E-state index in [-0.39, 0.29) is 0 Å². The van der Waals surface area contributed by atoms with Gasteiger partial charge in [-0.25, -0.2) is 0 Å². The minimum Gasteiger partial charge on any atom is -0.372 e. The molecular weight excluding hydrogens is 218 g/mol. The SMILES string of the molecule is CCNCC1CCCOC1c1sccc1C.